The number of carbonyl (C=O) groups is 2. The minimum absolute atomic E-state index is 0.0642. The Morgan fingerprint density at radius 1 is 1.26 bits per heavy atom. The Balaban J connectivity index is 1.58. The monoisotopic (exact) mass is 617 g/mol. The number of nitrogens with zero attached hydrogens (tertiary/aromatic N) is 3. The minimum Gasteiger partial charge on any atom is -0.445 e. The third-order valence-electron chi connectivity index (χ3n) is 8.02. The van der Waals surface area contributed by atoms with Crippen LogP contribution in [0.3, 0.4) is 0 Å². The summed E-state index contributed by atoms with van der Waals surface area (Å²) in [7, 11) is 0. The first kappa shape index (κ1) is 31.8. The summed E-state index contributed by atoms with van der Waals surface area (Å²) in [6.07, 6.45) is 4.20. The van der Waals surface area contributed by atoms with Gasteiger partial charge in [-0.25, -0.2) is 18.3 Å². The van der Waals surface area contributed by atoms with Crippen molar-refractivity contribution in [1.29, 1.82) is 5.26 Å². The number of hydrogen-bond donors (Lipinski definition) is 2. The number of nitriles is 1. The van der Waals surface area contributed by atoms with Gasteiger partial charge in [0.05, 0.1) is 28.3 Å². The first-order valence-corrected chi connectivity index (χ1v) is 14.0. The summed E-state index contributed by atoms with van der Waals surface area (Å²) in [4.78, 5) is 40.5. The Morgan fingerprint density at radius 2 is 1.91 bits per heavy atom. The van der Waals surface area contributed by atoms with Crippen LogP contribution in [0.15, 0.2) is 46.0 Å². The smallest absolute Gasteiger partial charge is 0.307 e. The molecule has 13 heteroatoms. The number of nitrogens with one attached hydrogen (secondary N) is 2. The summed E-state index contributed by atoms with van der Waals surface area (Å²) in [5.74, 6) is -5.79. The number of aryl methyl sites for hydroxylation is 1. The van der Waals surface area contributed by atoms with Crippen LogP contribution < -0.4 is 15.6 Å². The SMILES string of the molecule is Cc1cc(Oc2c(F)cc(C(=O)N[C@H](C)C(=O)N3[C@H](C4(C)C=C(Cl)C(F)=CC4)CC[C@@H]3C(C)(C)C#N)cc2F)c(=O)[nH]n1. The summed E-state index contributed by atoms with van der Waals surface area (Å²) < 4.78 is 48.9. The molecule has 1 unspecified atom stereocenters. The molecule has 1 aromatic heterocycles. The summed E-state index contributed by atoms with van der Waals surface area (Å²) in [5, 5.41) is 18.1. The number of halogens is 4. The van der Waals surface area contributed by atoms with Crippen molar-refractivity contribution in [2.75, 3.05) is 0 Å². The molecule has 2 aliphatic rings. The molecule has 0 bridgehead atoms. The van der Waals surface area contributed by atoms with Crippen LogP contribution in [-0.4, -0.2) is 45.0 Å². The van der Waals surface area contributed by atoms with Gasteiger partial charge < -0.3 is 15.0 Å². The average Bonchev–Trinajstić information content (AvgIpc) is 3.41. The number of likely N-dealkylation sites (tertiary alicyclic amines) is 1. The second kappa shape index (κ2) is 11.9. The average molecular weight is 618 g/mol. The van der Waals surface area contributed by atoms with E-state index in [1.807, 2.05) is 6.92 Å². The fourth-order valence-corrected chi connectivity index (χ4v) is 5.95. The highest BCUT2D eigenvalue weighted by Gasteiger charge is 2.51. The van der Waals surface area contributed by atoms with Crippen LogP contribution in [-0.2, 0) is 4.79 Å². The second-order valence-electron chi connectivity index (χ2n) is 11.7. The van der Waals surface area contributed by atoms with Gasteiger partial charge >= 0.3 is 5.56 Å². The molecule has 1 aliphatic heterocycles. The van der Waals surface area contributed by atoms with Crippen molar-refractivity contribution in [2.24, 2.45) is 10.8 Å². The van der Waals surface area contributed by atoms with Crippen molar-refractivity contribution in [2.45, 2.75) is 72.0 Å². The van der Waals surface area contributed by atoms with E-state index in [1.165, 1.54) is 26.0 Å². The van der Waals surface area contributed by atoms with Gasteiger partial charge in [0.1, 0.15) is 11.9 Å². The Hall–Kier alpha value is -4.11. The normalized spacial score (nSPS) is 22.7. The van der Waals surface area contributed by atoms with E-state index in [-0.39, 0.29) is 11.5 Å². The number of aromatic nitrogens is 2. The van der Waals surface area contributed by atoms with Gasteiger partial charge in [-0.1, -0.05) is 24.6 Å². The van der Waals surface area contributed by atoms with Gasteiger partial charge in [-0.05, 0) is 65.2 Å². The quantitative estimate of drug-likeness (QED) is 0.419. The lowest BCUT2D eigenvalue weighted by Crippen LogP contribution is -2.57. The zero-order valence-electron chi connectivity index (χ0n) is 24.2. The van der Waals surface area contributed by atoms with Gasteiger partial charge in [0, 0.05) is 23.1 Å². The lowest BCUT2D eigenvalue weighted by atomic mass is 9.75. The summed E-state index contributed by atoms with van der Waals surface area (Å²) in [6, 6.07) is 2.74. The van der Waals surface area contributed by atoms with Gasteiger partial charge in [-0.2, -0.15) is 10.4 Å². The number of H-pyrrole nitrogens is 1. The fraction of sp³-hybridized carbons (Fsp3) is 0.433. The lowest BCUT2D eigenvalue weighted by Gasteiger charge is -2.44. The van der Waals surface area contributed by atoms with E-state index in [4.69, 9.17) is 16.3 Å². The van der Waals surface area contributed by atoms with Crippen LogP contribution in [0.5, 0.6) is 11.5 Å². The van der Waals surface area contributed by atoms with Crippen molar-refractivity contribution in [3.05, 3.63) is 74.5 Å². The van der Waals surface area contributed by atoms with Crippen molar-refractivity contribution in [3.63, 3.8) is 0 Å². The molecule has 1 aromatic carbocycles. The topological polar surface area (TPSA) is 128 Å². The van der Waals surface area contributed by atoms with Crippen LogP contribution in [0.25, 0.3) is 0 Å². The molecule has 1 aliphatic carbocycles. The van der Waals surface area contributed by atoms with Crippen molar-refractivity contribution >= 4 is 23.4 Å². The van der Waals surface area contributed by atoms with E-state index in [9.17, 15) is 32.8 Å². The molecule has 4 atom stereocenters. The first-order chi connectivity index (χ1) is 20.1. The largest absolute Gasteiger partial charge is 0.445 e. The fourth-order valence-electron chi connectivity index (χ4n) is 5.63. The summed E-state index contributed by atoms with van der Waals surface area (Å²) in [5.41, 5.74) is -2.60. The maximum Gasteiger partial charge on any atom is 0.307 e. The Morgan fingerprint density at radius 3 is 2.51 bits per heavy atom. The van der Waals surface area contributed by atoms with E-state index >= 15 is 0 Å². The molecule has 0 radical (unpaired) electrons. The molecule has 43 heavy (non-hydrogen) atoms. The van der Waals surface area contributed by atoms with E-state index in [2.05, 4.69) is 21.6 Å². The minimum atomic E-state index is -1.25. The number of carbonyl (C=O) groups excluding carboxylic acids is 2. The molecule has 2 N–H and O–H groups in total. The van der Waals surface area contributed by atoms with E-state index < -0.39 is 80.9 Å². The van der Waals surface area contributed by atoms with Gasteiger partial charge in [-0.3, -0.25) is 14.4 Å². The molecule has 9 nitrogen and oxygen atoms in total. The van der Waals surface area contributed by atoms with Crippen LogP contribution in [0.2, 0.25) is 0 Å². The number of benzene rings is 1. The number of hydrogen-bond acceptors (Lipinski definition) is 6. The first-order valence-electron chi connectivity index (χ1n) is 13.6. The van der Waals surface area contributed by atoms with Crippen LogP contribution >= 0.6 is 11.6 Å². The van der Waals surface area contributed by atoms with E-state index in [0.717, 1.165) is 12.1 Å². The molecular formula is C30H31ClF3N5O4. The van der Waals surface area contributed by atoms with Crippen LogP contribution in [0.1, 0.15) is 63.0 Å². The highest BCUT2D eigenvalue weighted by atomic mass is 35.5. The predicted octanol–water partition coefficient (Wildman–Crippen LogP) is 5.56. The highest BCUT2D eigenvalue weighted by molar-refractivity contribution is 6.31. The molecule has 0 spiro atoms. The molecule has 0 saturated carbocycles. The predicted molar refractivity (Wildman–Crippen MR) is 152 cm³/mol. The Bertz CT molecular complexity index is 1610. The maximum absolute atomic E-state index is 14.9. The molecule has 228 valence electrons. The zero-order chi connectivity index (χ0) is 31.9. The molecule has 2 amide bonds. The lowest BCUT2D eigenvalue weighted by molar-refractivity contribution is -0.139. The Labute approximate surface area is 251 Å². The van der Waals surface area contributed by atoms with Gasteiger partial charge in [0.2, 0.25) is 5.91 Å². The number of allylic oxidation sites excluding steroid dienone is 3. The van der Waals surface area contributed by atoms with Crippen LogP contribution in [0, 0.1) is 40.7 Å². The maximum atomic E-state index is 14.9. The third-order valence-corrected chi connectivity index (χ3v) is 8.31. The molecule has 2 aromatic rings. The van der Waals surface area contributed by atoms with E-state index in [1.54, 1.807) is 24.8 Å². The van der Waals surface area contributed by atoms with Crippen molar-refractivity contribution in [3.8, 4) is 17.6 Å². The van der Waals surface area contributed by atoms with Gasteiger partial charge in [0.15, 0.2) is 23.1 Å². The highest BCUT2D eigenvalue weighted by Crippen LogP contribution is 2.48. The molecule has 1 saturated heterocycles. The summed E-state index contributed by atoms with van der Waals surface area (Å²) in [6.45, 7) is 8.25. The molecule has 1 fully saturated rings. The van der Waals surface area contributed by atoms with Crippen LogP contribution in [0.4, 0.5) is 13.2 Å². The standard InChI is InChI=1S/C30H31ClF3N5O4/c1-15-10-22(27(41)38-37-15)43-25-20(33)11-17(12-21(25)34)26(40)36-16(2)28(42)39-23(29(3,4)14-35)6-7-24(39)30(5)9-8-19(32)18(31)13-30/h8,10-13,16,23-24H,6-7,9H2,1-5H3,(H,36,40)(H,38,41)/t16-,23-,24+,30?/m1/s1. The molecular weight excluding hydrogens is 587 g/mol. The van der Waals surface area contributed by atoms with Crippen molar-refractivity contribution in [1.82, 2.24) is 20.4 Å². The van der Waals surface area contributed by atoms with Gasteiger partial charge in [0.25, 0.3) is 5.91 Å². The van der Waals surface area contributed by atoms with E-state index in [0.29, 0.717) is 18.5 Å². The van der Waals surface area contributed by atoms with Crippen molar-refractivity contribution < 1.29 is 27.5 Å². The number of aromatic amines is 1. The molecule has 2 heterocycles. The number of rotatable bonds is 7. The number of ether oxygens (including phenoxy) is 1. The second-order valence-corrected chi connectivity index (χ2v) is 12.1. The Kier molecular flexibility index (Phi) is 8.79. The zero-order valence-corrected chi connectivity index (χ0v) is 25.0. The number of amides is 2. The molecule has 4 rings (SSSR count). The summed E-state index contributed by atoms with van der Waals surface area (Å²) >= 11 is 6.12. The van der Waals surface area contributed by atoms with Gasteiger partial charge in [-0.15, -0.1) is 0 Å². The third kappa shape index (κ3) is 6.32.